The summed E-state index contributed by atoms with van der Waals surface area (Å²) in [6.07, 6.45) is 0.727. The van der Waals surface area contributed by atoms with Crippen molar-refractivity contribution in [2.24, 2.45) is 0 Å². The Labute approximate surface area is 227 Å². The molecule has 6 rings (SSSR count). The van der Waals surface area contributed by atoms with E-state index in [-0.39, 0.29) is 17.4 Å². The smallest absolute Gasteiger partial charge is 0.301 e. The molecule has 4 aromatic rings. The number of Topliss-reactive ketones (excluding diaryl/α,β-unsaturated/α-hetero) is 1. The molecule has 2 aliphatic rings. The Hall–Kier alpha value is -3.88. The highest BCUT2D eigenvalue weighted by Crippen LogP contribution is 2.45. The number of rotatable bonds is 5. The molecular weight excluding hydrogens is 524 g/mol. The zero-order valence-corrected chi connectivity index (χ0v) is 22.2. The number of hydrogen-bond donors (Lipinski definition) is 1. The summed E-state index contributed by atoms with van der Waals surface area (Å²) in [5.41, 5.74) is 2.69. The van der Waals surface area contributed by atoms with Gasteiger partial charge >= 0.3 is 5.91 Å². The van der Waals surface area contributed by atoms with Crippen molar-refractivity contribution in [1.29, 1.82) is 0 Å². The zero-order chi connectivity index (χ0) is 26.6. The van der Waals surface area contributed by atoms with Gasteiger partial charge in [0.2, 0.25) is 0 Å². The van der Waals surface area contributed by atoms with Crippen LogP contribution in [0.1, 0.15) is 36.6 Å². The first-order valence-corrected chi connectivity index (χ1v) is 13.4. The molecule has 9 heteroatoms. The van der Waals surface area contributed by atoms with Crippen LogP contribution in [-0.2, 0) is 16.0 Å². The number of aliphatic hydroxyl groups excluding tert-OH is 1. The summed E-state index contributed by atoms with van der Waals surface area (Å²) in [4.78, 5) is 33.0. The lowest BCUT2D eigenvalue weighted by Gasteiger charge is -2.23. The van der Waals surface area contributed by atoms with Gasteiger partial charge in [0.1, 0.15) is 23.4 Å². The van der Waals surface area contributed by atoms with Crippen LogP contribution in [0.4, 0.5) is 5.13 Å². The summed E-state index contributed by atoms with van der Waals surface area (Å²) in [5, 5.41) is 12.3. The average Bonchev–Trinajstić information content (AvgIpc) is 3.56. The first-order valence-electron chi connectivity index (χ1n) is 12.2. The number of nitrogens with zero attached hydrogens (tertiary/aromatic N) is 2. The van der Waals surface area contributed by atoms with Crippen molar-refractivity contribution in [2.75, 3.05) is 11.5 Å². The number of thiazole rings is 1. The van der Waals surface area contributed by atoms with Crippen LogP contribution >= 0.6 is 22.9 Å². The molecule has 2 atom stereocenters. The first-order chi connectivity index (χ1) is 18.3. The molecule has 2 aliphatic heterocycles. The number of ketones is 1. The summed E-state index contributed by atoms with van der Waals surface area (Å²) in [5.74, 6) is -0.325. The third kappa shape index (κ3) is 4.10. The average molecular weight is 547 g/mol. The molecule has 7 nitrogen and oxygen atoms in total. The van der Waals surface area contributed by atoms with Crippen molar-refractivity contribution in [3.63, 3.8) is 0 Å². The van der Waals surface area contributed by atoms with Gasteiger partial charge in [-0.25, -0.2) is 4.98 Å². The van der Waals surface area contributed by atoms with E-state index in [0.29, 0.717) is 45.6 Å². The van der Waals surface area contributed by atoms with E-state index in [1.54, 1.807) is 36.4 Å². The highest BCUT2D eigenvalue weighted by molar-refractivity contribution is 7.22. The Bertz CT molecular complexity index is 1630. The number of fused-ring (bicyclic) bond motifs is 2. The monoisotopic (exact) mass is 546 g/mol. The van der Waals surface area contributed by atoms with Crippen LogP contribution in [0.15, 0.2) is 66.2 Å². The number of ether oxygens (including phenoxy) is 2. The van der Waals surface area contributed by atoms with E-state index in [2.05, 4.69) is 4.98 Å². The van der Waals surface area contributed by atoms with Crippen LogP contribution in [0.3, 0.4) is 0 Å². The predicted octanol–water partition coefficient (Wildman–Crippen LogP) is 6.30. The number of halogens is 1. The zero-order valence-electron chi connectivity index (χ0n) is 20.6. The van der Waals surface area contributed by atoms with E-state index in [4.69, 9.17) is 21.1 Å². The molecule has 3 heterocycles. The fourth-order valence-electron chi connectivity index (χ4n) is 4.97. The molecule has 0 saturated carbocycles. The van der Waals surface area contributed by atoms with Crippen LogP contribution in [0.2, 0.25) is 5.02 Å². The fourth-order valence-corrected chi connectivity index (χ4v) is 6.11. The minimum atomic E-state index is -0.886. The lowest BCUT2D eigenvalue weighted by atomic mass is 9.94. The SMILES string of the molecule is CCOc1ccc2nc(N3C(=O)C(=O)C(=C(O)c4ccc5c(c4)CC(C)O5)C3c3ccc(Cl)cc3)sc2c1. The molecule has 3 aromatic carbocycles. The van der Waals surface area contributed by atoms with Crippen molar-refractivity contribution in [3.8, 4) is 11.5 Å². The Morgan fingerprint density at radius 2 is 1.95 bits per heavy atom. The van der Waals surface area contributed by atoms with Crippen LogP contribution in [0.5, 0.6) is 11.5 Å². The number of amides is 1. The number of hydrogen-bond acceptors (Lipinski definition) is 7. The van der Waals surface area contributed by atoms with Gasteiger partial charge in [0, 0.05) is 17.0 Å². The van der Waals surface area contributed by atoms with Gasteiger partial charge in [-0.1, -0.05) is 35.1 Å². The number of carbonyl (C=O) groups excluding carboxylic acids is 2. The number of aliphatic hydroxyl groups is 1. The standard InChI is InChI=1S/C29H23ClN2O5S/c1-3-36-20-9-10-21-23(14-20)38-29(31-21)32-25(16-4-7-19(30)8-5-16)24(27(34)28(32)35)26(33)17-6-11-22-18(13-17)12-15(2)37-22/h4-11,13-15,25,33H,3,12H2,1-2H3. The lowest BCUT2D eigenvalue weighted by Crippen LogP contribution is -2.29. The maximum Gasteiger partial charge on any atom is 0.301 e. The van der Waals surface area contributed by atoms with Crippen LogP contribution in [-0.4, -0.2) is 34.5 Å². The molecule has 0 aliphatic carbocycles. The minimum absolute atomic E-state index is 0.00139. The number of benzene rings is 3. The molecule has 0 bridgehead atoms. The second kappa shape index (κ2) is 9.45. The van der Waals surface area contributed by atoms with Crippen LogP contribution in [0.25, 0.3) is 16.0 Å². The van der Waals surface area contributed by atoms with E-state index in [1.807, 2.05) is 38.1 Å². The third-order valence-corrected chi connectivity index (χ3v) is 7.93. The van der Waals surface area contributed by atoms with Gasteiger partial charge in [0.15, 0.2) is 5.13 Å². The summed E-state index contributed by atoms with van der Waals surface area (Å²) >= 11 is 7.42. The molecule has 1 fully saturated rings. The van der Waals surface area contributed by atoms with Gasteiger partial charge in [-0.3, -0.25) is 14.5 Å². The van der Waals surface area contributed by atoms with Gasteiger partial charge in [-0.05, 0) is 73.5 Å². The van der Waals surface area contributed by atoms with Gasteiger partial charge in [-0.2, -0.15) is 0 Å². The summed E-state index contributed by atoms with van der Waals surface area (Å²) in [6, 6.07) is 16.8. The molecule has 38 heavy (non-hydrogen) atoms. The highest BCUT2D eigenvalue weighted by atomic mass is 35.5. The Kier molecular flexibility index (Phi) is 6.08. The molecule has 1 N–H and O–H groups in total. The summed E-state index contributed by atoms with van der Waals surface area (Å²) < 4.78 is 12.2. The van der Waals surface area contributed by atoms with Gasteiger partial charge in [0.05, 0.1) is 28.4 Å². The molecule has 2 unspecified atom stereocenters. The highest BCUT2D eigenvalue weighted by Gasteiger charge is 2.48. The van der Waals surface area contributed by atoms with Crippen molar-refractivity contribution in [3.05, 3.63) is 87.9 Å². The quantitative estimate of drug-likeness (QED) is 0.179. The summed E-state index contributed by atoms with van der Waals surface area (Å²) in [7, 11) is 0. The third-order valence-electron chi connectivity index (χ3n) is 6.67. The van der Waals surface area contributed by atoms with Gasteiger partial charge < -0.3 is 14.6 Å². The maximum atomic E-state index is 13.5. The Morgan fingerprint density at radius 1 is 1.16 bits per heavy atom. The van der Waals surface area contributed by atoms with E-state index in [0.717, 1.165) is 16.0 Å². The van der Waals surface area contributed by atoms with E-state index >= 15 is 0 Å². The molecule has 1 saturated heterocycles. The lowest BCUT2D eigenvalue weighted by molar-refractivity contribution is -0.132. The topological polar surface area (TPSA) is 89.0 Å². The van der Waals surface area contributed by atoms with Gasteiger partial charge in [0.25, 0.3) is 5.78 Å². The van der Waals surface area contributed by atoms with Crippen LogP contribution < -0.4 is 14.4 Å². The van der Waals surface area contributed by atoms with E-state index < -0.39 is 17.7 Å². The molecule has 192 valence electrons. The Morgan fingerprint density at radius 3 is 2.71 bits per heavy atom. The maximum absolute atomic E-state index is 13.5. The number of aromatic nitrogens is 1. The second-order valence-corrected chi connectivity index (χ2v) is 10.7. The fraction of sp³-hybridized carbons (Fsp3) is 0.207. The van der Waals surface area contributed by atoms with Crippen molar-refractivity contribution >= 4 is 55.7 Å². The normalized spacial score (nSPS) is 20.1. The number of anilines is 1. The van der Waals surface area contributed by atoms with E-state index in [9.17, 15) is 14.7 Å². The Balaban J connectivity index is 1.50. The van der Waals surface area contributed by atoms with E-state index in [1.165, 1.54) is 16.2 Å². The predicted molar refractivity (Wildman–Crippen MR) is 147 cm³/mol. The molecule has 0 radical (unpaired) electrons. The first kappa shape index (κ1) is 24.5. The van der Waals surface area contributed by atoms with Crippen molar-refractivity contribution in [1.82, 2.24) is 4.98 Å². The molecule has 1 amide bonds. The molecule has 0 spiro atoms. The van der Waals surface area contributed by atoms with Crippen molar-refractivity contribution in [2.45, 2.75) is 32.4 Å². The second-order valence-electron chi connectivity index (χ2n) is 9.23. The molecular formula is C29H23ClN2O5S. The molecule has 1 aromatic heterocycles. The van der Waals surface area contributed by atoms with Crippen LogP contribution in [0, 0.1) is 0 Å². The number of carbonyl (C=O) groups is 2. The summed E-state index contributed by atoms with van der Waals surface area (Å²) in [6.45, 7) is 4.40. The van der Waals surface area contributed by atoms with Gasteiger partial charge in [-0.15, -0.1) is 0 Å². The van der Waals surface area contributed by atoms with Crippen molar-refractivity contribution < 1.29 is 24.2 Å². The minimum Gasteiger partial charge on any atom is -0.507 e. The largest absolute Gasteiger partial charge is 0.507 e.